The van der Waals surface area contributed by atoms with E-state index in [-0.39, 0.29) is 28.8 Å². The molecule has 1 amide bonds. The molecule has 1 saturated heterocycles. The molecular weight excluding hydrogens is 212 g/mol. The highest BCUT2D eigenvalue weighted by Gasteiger charge is 2.32. The summed E-state index contributed by atoms with van der Waals surface area (Å²) in [4.78, 5) is 12.0. The predicted octanol–water partition coefficient (Wildman–Crippen LogP) is 2.32. The van der Waals surface area contributed by atoms with Crippen molar-refractivity contribution in [1.82, 2.24) is 10.6 Å². The van der Waals surface area contributed by atoms with Crippen molar-refractivity contribution in [3.63, 3.8) is 0 Å². The molecule has 1 fully saturated rings. The molecule has 0 aromatic rings. The Labute approximate surface area is 106 Å². The van der Waals surface area contributed by atoms with Crippen molar-refractivity contribution in [3.8, 4) is 0 Å². The second kappa shape index (κ2) is 4.97. The zero-order valence-electron chi connectivity index (χ0n) is 12.2. The third kappa shape index (κ3) is 5.53. The third-order valence-electron chi connectivity index (χ3n) is 2.95. The molecule has 2 N–H and O–H groups in total. The van der Waals surface area contributed by atoms with Gasteiger partial charge in [-0.2, -0.15) is 0 Å². The normalized spacial score (nSPS) is 26.8. The van der Waals surface area contributed by atoms with Crippen LogP contribution in [0, 0.1) is 10.8 Å². The SMILES string of the molecule is CC(C)(C)C[C@H]1CN[C@@H](CC(C)(C)C)C(=O)N1. The van der Waals surface area contributed by atoms with Crippen LogP contribution in [0.25, 0.3) is 0 Å². The number of amides is 1. The molecule has 0 saturated carbocycles. The lowest BCUT2D eigenvalue weighted by molar-refractivity contribution is -0.126. The minimum atomic E-state index is -0.0220. The topological polar surface area (TPSA) is 41.1 Å². The van der Waals surface area contributed by atoms with Gasteiger partial charge in [0.05, 0.1) is 6.04 Å². The molecule has 1 aliphatic heterocycles. The van der Waals surface area contributed by atoms with Gasteiger partial charge in [-0.1, -0.05) is 41.5 Å². The fourth-order valence-electron chi connectivity index (χ4n) is 2.37. The van der Waals surface area contributed by atoms with E-state index in [4.69, 9.17) is 0 Å². The van der Waals surface area contributed by atoms with E-state index in [2.05, 4.69) is 52.2 Å². The van der Waals surface area contributed by atoms with Crippen molar-refractivity contribution in [2.45, 2.75) is 66.5 Å². The Morgan fingerprint density at radius 2 is 1.59 bits per heavy atom. The highest BCUT2D eigenvalue weighted by molar-refractivity contribution is 5.82. The summed E-state index contributed by atoms with van der Waals surface area (Å²) in [6.07, 6.45) is 1.91. The van der Waals surface area contributed by atoms with E-state index in [0.717, 1.165) is 19.4 Å². The molecule has 0 bridgehead atoms. The van der Waals surface area contributed by atoms with E-state index in [9.17, 15) is 4.79 Å². The molecule has 1 aliphatic rings. The van der Waals surface area contributed by atoms with Gasteiger partial charge in [-0.25, -0.2) is 0 Å². The Kier molecular flexibility index (Phi) is 4.23. The number of carbonyl (C=O) groups is 1. The van der Waals surface area contributed by atoms with E-state index >= 15 is 0 Å². The molecule has 0 spiro atoms. The minimum Gasteiger partial charge on any atom is -0.351 e. The predicted molar refractivity (Wildman–Crippen MR) is 71.9 cm³/mol. The Morgan fingerprint density at radius 1 is 1.06 bits per heavy atom. The summed E-state index contributed by atoms with van der Waals surface area (Å²) in [5.74, 6) is 0.167. The summed E-state index contributed by atoms with van der Waals surface area (Å²) < 4.78 is 0. The second-order valence-corrected chi connectivity index (χ2v) is 7.70. The maximum absolute atomic E-state index is 12.0. The molecule has 3 nitrogen and oxygen atoms in total. The molecule has 0 unspecified atom stereocenters. The van der Waals surface area contributed by atoms with Gasteiger partial charge < -0.3 is 10.6 Å². The number of hydrogen-bond acceptors (Lipinski definition) is 2. The van der Waals surface area contributed by atoms with Gasteiger partial charge >= 0.3 is 0 Å². The zero-order valence-corrected chi connectivity index (χ0v) is 12.2. The molecule has 0 aromatic carbocycles. The van der Waals surface area contributed by atoms with Crippen molar-refractivity contribution >= 4 is 5.91 Å². The van der Waals surface area contributed by atoms with Crippen molar-refractivity contribution < 1.29 is 4.79 Å². The van der Waals surface area contributed by atoms with E-state index in [1.807, 2.05) is 0 Å². The summed E-state index contributed by atoms with van der Waals surface area (Å²) >= 11 is 0. The molecule has 0 aromatic heterocycles. The molecule has 17 heavy (non-hydrogen) atoms. The van der Waals surface area contributed by atoms with Crippen molar-refractivity contribution in [1.29, 1.82) is 0 Å². The quantitative estimate of drug-likeness (QED) is 0.777. The highest BCUT2D eigenvalue weighted by Crippen LogP contribution is 2.24. The summed E-state index contributed by atoms with van der Waals surface area (Å²) in [5.41, 5.74) is 0.447. The molecule has 1 rings (SSSR count). The first-order chi connectivity index (χ1) is 7.57. The van der Waals surface area contributed by atoms with E-state index in [1.54, 1.807) is 0 Å². The standard InChI is InChI=1S/C14H28N2O/c1-13(2,3)7-10-9-15-11(12(17)16-10)8-14(4,5)6/h10-11,15H,7-9H2,1-6H3,(H,16,17)/t10-,11-/m0/s1. The van der Waals surface area contributed by atoms with Gasteiger partial charge in [0.15, 0.2) is 0 Å². The Hall–Kier alpha value is -0.570. The van der Waals surface area contributed by atoms with Crippen LogP contribution in [0.5, 0.6) is 0 Å². The monoisotopic (exact) mass is 240 g/mol. The van der Waals surface area contributed by atoms with Crippen molar-refractivity contribution in [3.05, 3.63) is 0 Å². The maximum Gasteiger partial charge on any atom is 0.237 e. The minimum absolute atomic E-state index is 0.0220. The first kappa shape index (κ1) is 14.5. The fraction of sp³-hybridized carbons (Fsp3) is 0.929. The lowest BCUT2D eigenvalue weighted by Gasteiger charge is -2.36. The van der Waals surface area contributed by atoms with Crippen LogP contribution >= 0.6 is 0 Å². The van der Waals surface area contributed by atoms with Crippen LogP contribution in [0.15, 0.2) is 0 Å². The first-order valence-electron chi connectivity index (χ1n) is 6.61. The molecule has 0 radical (unpaired) electrons. The van der Waals surface area contributed by atoms with E-state index < -0.39 is 0 Å². The summed E-state index contributed by atoms with van der Waals surface area (Å²) in [5, 5.41) is 6.53. The lowest BCUT2D eigenvalue weighted by Crippen LogP contribution is -2.59. The van der Waals surface area contributed by atoms with Gasteiger partial charge in [-0.05, 0) is 23.7 Å². The van der Waals surface area contributed by atoms with Crippen molar-refractivity contribution in [2.24, 2.45) is 10.8 Å². The second-order valence-electron chi connectivity index (χ2n) is 7.70. The molecule has 0 aliphatic carbocycles. The maximum atomic E-state index is 12.0. The molecular formula is C14H28N2O. The van der Waals surface area contributed by atoms with Crippen molar-refractivity contribution in [2.75, 3.05) is 6.54 Å². The van der Waals surface area contributed by atoms with Crippen LogP contribution in [0.1, 0.15) is 54.4 Å². The summed E-state index contributed by atoms with van der Waals surface area (Å²) in [7, 11) is 0. The van der Waals surface area contributed by atoms with Gasteiger partial charge in [0.2, 0.25) is 5.91 Å². The molecule has 2 atom stereocenters. The van der Waals surface area contributed by atoms with Crippen LogP contribution in [0.4, 0.5) is 0 Å². The number of rotatable bonds is 2. The Bertz CT molecular complexity index is 273. The van der Waals surface area contributed by atoms with Gasteiger partial charge in [-0.3, -0.25) is 4.79 Å². The lowest BCUT2D eigenvalue weighted by atomic mass is 9.84. The Balaban J connectivity index is 2.48. The van der Waals surface area contributed by atoms with Crippen LogP contribution < -0.4 is 10.6 Å². The molecule has 3 heteroatoms. The van der Waals surface area contributed by atoms with Gasteiger partial charge in [0.25, 0.3) is 0 Å². The van der Waals surface area contributed by atoms with Crippen LogP contribution in [-0.4, -0.2) is 24.5 Å². The van der Waals surface area contributed by atoms with Gasteiger partial charge in [-0.15, -0.1) is 0 Å². The molecule has 100 valence electrons. The first-order valence-corrected chi connectivity index (χ1v) is 6.61. The average Bonchev–Trinajstić information content (AvgIpc) is 2.05. The smallest absolute Gasteiger partial charge is 0.237 e. The van der Waals surface area contributed by atoms with E-state index in [0.29, 0.717) is 0 Å². The highest BCUT2D eigenvalue weighted by atomic mass is 16.2. The molecule has 1 heterocycles. The fourth-order valence-corrected chi connectivity index (χ4v) is 2.37. The Morgan fingerprint density at radius 3 is 2.00 bits per heavy atom. The van der Waals surface area contributed by atoms with Crippen LogP contribution in [0.3, 0.4) is 0 Å². The average molecular weight is 240 g/mol. The van der Waals surface area contributed by atoms with Crippen LogP contribution in [0.2, 0.25) is 0 Å². The van der Waals surface area contributed by atoms with Gasteiger partial charge in [0.1, 0.15) is 0 Å². The van der Waals surface area contributed by atoms with E-state index in [1.165, 1.54) is 0 Å². The number of nitrogens with one attached hydrogen (secondary N) is 2. The summed E-state index contributed by atoms with van der Waals surface area (Å²) in [6, 6.07) is 0.255. The zero-order chi connectivity index (χ0) is 13.3. The van der Waals surface area contributed by atoms with Crippen LogP contribution in [-0.2, 0) is 4.79 Å². The largest absolute Gasteiger partial charge is 0.351 e. The number of piperazine rings is 1. The number of hydrogen-bond donors (Lipinski definition) is 2. The number of carbonyl (C=O) groups excluding carboxylic acids is 1. The summed E-state index contributed by atoms with van der Waals surface area (Å²) in [6.45, 7) is 14.0. The van der Waals surface area contributed by atoms with Gasteiger partial charge in [0, 0.05) is 12.6 Å². The third-order valence-corrected chi connectivity index (χ3v) is 2.95.